The van der Waals surface area contributed by atoms with Crippen molar-refractivity contribution in [3.8, 4) is 0 Å². The molecule has 0 saturated carbocycles. The van der Waals surface area contributed by atoms with Crippen LogP contribution in [0.5, 0.6) is 0 Å². The van der Waals surface area contributed by atoms with E-state index in [4.69, 9.17) is 5.73 Å². The zero-order chi connectivity index (χ0) is 13.1. The van der Waals surface area contributed by atoms with Crippen molar-refractivity contribution in [2.45, 2.75) is 25.9 Å². The average molecular weight is 301 g/mol. The molecule has 0 fully saturated rings. The van der Waals surface area contributed by atoms with E-state index in [-0.39, 0.29) is 12.5 Å². The van der Waals surface area contributed by atoms with Crippen molar-refractivity contribution in [3.05, 3.63) is 28.2 Å². The van der Waals surface area contributed by atoms with Crippen molar-refractivity contribution < 1.29 is 9.90 Å². The molecule has 0 aromatic heterocycles. The zero-order valence-corrected chi connectivity index (χ0v) is 11.5. The molecule has 1 rings (SSSR count). The predicted octanol–water partition coefficient (Wildman–Crippen LogP) is 1.92. The molecule has 5 heteroatoms. The van der Waals surface area contributed by atoms with Crippen molar-refractivity contribution in [1.82, 2.24) is 5.32 Å². The molecule has 1 aromatic rings. The summed E-state index contributed by atoms with van der Waals surface area (Å²) in [6, 6.07) is 5.01. The van der Waals surface area contributed by atoms with Crippen LogP contribution >= 0.6 is 15.9 Å². The maximum atomic E-state index is 11.8. The molecule has 0 aliphatic heterocycles. The lowest BCUT2D eigenvalue weighted by molar-refractivity contribution is 0.0518. The number of carbonyl (C=O) groups excluding carboxylic acids is 1. The molecule has 17 heavy (non-hydrogen) atoms. The number of aliphatic hydroxyl groups is 1. The maximum Gasteiger partial charge on any atom is 0.251 e. The zero-order valence-electron chi connectivity index (χ0n) is 9.96. The number of halogens is 1. The number of hydrogen-bond acceptors (Lipinski definition) is 3. The van der Waals surface area contributed by atoms with Crippen LogP contribution in [0.2, 0.25) is 0 Å². The van der Waals surface area contributed by atoms with Gasteiger partial charge < -0.3 is 16.2 Å². The van der Waals surface area contributed by atoms with E-state index >= 15 is 0 Å². The molecule has 4 nitrogen and oxygen atoms in total. The molecule has 0 spiro atoms. The third-order valence-corrected chi connectivity index (χ3v) is 3.03. The Morgan fingerprint density at radius 2 is 2.18 bits per heavy atom. The molecule has 1 atom stereocenters. The summed E-state index contributed by atoms with van der Waals surface area (Å²) >= 11 is 3.28. The van der Waals surface area contributed by atoms with Crippen molar-refractivity contribution in [1.29, 1.82) is 0 Å². The average Bonchev–Trinajstić information content (AvgIpc) is 2.24. The number of hydrogen-bond donors (Lipinski definition) is 3. The van der Waals surface area contributed by atoms with E-state index in [2.05, 4.69) is 21.2 Å². The SMILES string of the molecule is CCC(C)(O)CNC(=O)c1cc(N)cc(Br)c1. The number of nitrogens with one attached hydrogen (secondary N) is 1. The Balaban J connectivity index is 2.70. The van der Waals surface area contributed by atoms with Gasteiger partial charge in [0.15, 0.2) is 0 Å². The van der Waals surface area contributed by atoms with Gasteiger partial charge in [-0.25, -0.2) is 0 Å². The number of nitrogens with two attached hydrogens (primary N) is 1. The molecular weight excluding hydrogens is 284 g/mol. The lowest BCUT2D eigenvalue weighted by Gasteiger charge is -2.21. The minimum atomic E-state index is -0.882. The topological polar surface area (TPSA) is 75.3 Å². The quantitative estimate of drug-likeness (QED) is 0.744. The molecule has 1 unspecified atom stereocenters. The second kappa shape index (κ2) is 5.51. The highest BCUT2D eigenvalue weighted by Gasteiger charge is 2.18. The van der Waals surface area contributed by atoms with E-state index in [0.29, 0.717) is 17.7 Å². The summed E-state index contributed by atoms with van der Waals surface area (Å²) in [5.41, 5.74) is 5.76. The Kier molecular flexibility index (Phi) is 4.54. The second-order valence-corrected chi connectivity index (χ2v) is 5.22. The van der Waals surface area contributed by atoms with Gasteiger partial charge in [-0.1, -0.05) is 22.9 Å². The summed E-state index contributed by atoms with van der Waals surface area (Å²) < 4.78 is 0.755. The van der Waals surface area contributed by atoms with Crippen LogP contribution in [0.1, 0.15) is 30.6 Å². The first-order valence-electron chi connectivity index (χ1n) is 5.41. The van der Waals surface area contributed by atoms with E-state index in [0.717, 1.165) is 4.47 Å². The highest BCUT2D eigenvalue weighted by Crippen LogP contribution is 2.17. The van der Waals surface area contributed by atoms with Crippen molar-refractivity contribution in [2.24, 2.45) is 0 Å². The molecule has 0 radical (unpaired) electrons. The van der Waals surface area contributed by atoms with Crippen LogP contribution in [0.3, 0.4) is 0 Å². The first kappa shape index (κ1) is 14.0. The monoisotopic (exact) mass is 300 g/mol. The van der Waals surface area contributed by atoms with Gasteiger partial charge in [0.2, 0.25) is 0 Å². The van der Waals surface area contributed by atoms with Crippen LogP contribution in [0, 0.1) is 0 Å². The number of benzene rings is 1. The van der Waals surface area contributed by atoms with Crippen molar-refractivity contribution >= 4 is 27.5 Å². The third-order valence-electron chi connectivity index (χ3n) is 2.57. The molecule has 0 aliphatic carbocycles. The Labute approximate surface area is 109 Å². The lowest BCUT2D eigenvalue weighted by atomic mass is 10.0. The molecule has 0 bridgehead atoms. The molecule has 1 amide bonds. The van der Waals surface area contributed by atoms with Gasteiger partial charge in [-0.3, -0.25) is 4.79 Å². The predicted molar refractivity (Wildman–Crippen MR) is 71.8 cm³/mol. The molecular formula is C12H17BrN2O2. The smallest absolute Gasteiger partial charge is 0.251 e. The molecule has 0 saturated heterocycles. The van der Waals surface area contributed by atoms with Crippen LogP contribution in [0.4, 0.5) is 5.69 Å². The number of nitrogen functional groups attached to an aromatic ring is 1. The van der Waals surface area contributed by atoms with Gasteiger partial charge in [-0.2, -0.15) is 0 Å². The third kappa shape index (κ3) is 4.36. The molecule has 1 aromatic carbocycles. The summed E-state index contributed by atoms with van der Waals surface area (Å²) in [6.07, 6.45) is 0.577. The number of rotatable bonds is 4. The number of amides is 1. The first-order chi connectivity index (χ1) is 7.84. The summed E-state index contributed by atoms with van der Waals surface area (Å²) in [5, 5.41) is 12.5. The fourth-order valence-electron chi connectivity index (χ4n) is 1.24. The Bertz CT molecular complexity index is 399. The van der Waals surface area contributed by atoms with Crippen LogP contribution in [0.25, 0.3) is 0 Å². The fraction of sp³-hybridized carbons (Fsp3) is 0.417. The summed E-state index contributed by atoms with van der Waals surface area (Å²) in [6.45, 7) is 3.76. The van der Waals surface area contributed by atoms with Crippen LogP contribution in [-0.2, 0) is 0 Å². The van der Waals surface area contributed by atoms with Crippen LogP contribution in [-0.4, -0.2) is 23.2 Å². The summed E-state index contributed by atoms with van der Waals surface area (Å²) in [5.74, 6) is -0.244. The highest BCUT2D eigenvalue weighted by atomic mass is 79.9. The minimum Gasteiger partial charge on any atom is -0.399 e. The second-order valence-electron chi connectivity index (χ2n) is 4.31. The van der Waals surface area contributed by atoms with Gasteiger partial charge in [-0.15, -0.1) is 0 Å². The van der Waals surface area contributed by atoms with Crippen LogP contribution in [0.15, 0.2) is 22.7 Å². The Morgan fingerprint density at radius 1 is 1.53 bits per heavy atom. The van der Waals surface area contributed by atoms with Gasteiger partial charge in [0.1, 0.15) is 0 Å². The van der Waals surface area contributed by atoms with Gasteiger partial charge in [0, 0.05) is 22.3 Å². The molecule has 0 aliphatic rings. The molecule has 4 N–H and O–H groups in total. The maximum absolute atomic E-state index is 11.8. The standard InChI is InChI=1S/C12H17BrN2O2/c1-3-12(2,17)7-15-11(16)8-4-9(13)6-10(14)5-8/h4-6,17H,3,7,14H2,1-2H3,(H,15,16). The van der Waals surface area contributed by atoms with E-state index in [1.807, 2.05) is 6.92 Å². The van der Waals surface area contributed by atoms with Gasteiger partial charge in [0.05, 0.1) is 5.60 Å². The minimum absolute atomic E-state index is 0.217. The van der Waals surface area contributed by atoms with E-state index < -0.39 is 5.60 Å². The molecule has 0 heterocycles. The Morgan fingerprint density at radius 3 is 2.71 bits per heavy atom. The van der Waals surface area contributed by atoms with Crippen LogP contribution < -0.4 is 11.1 Å². The van der Waals surface area contributed by atoms with Crippen molar-refractivity contribution in [2.75, 3.05) is 12.3 Å². The highest BCUT2D eigenvalue weighted by molar-refractivity contribution is 9.10. The van der Waals surface area contributed by atoms with E-state index in [9.17, 15) is 9.90 Å². The van der Waals surface area contributed by atoms with Gasteiger partial charge in [-0.05, 0) is 31.5 Å². The van der Waals surface area contributed by atoms with E-state index in [1.165, 1.54) is 0 Å². The van der Waals surface area contributed by atoms with Crippen molar-refractivity contribution in [3.63, 3.8) is 0 Å². The summed E-state index contributed by atoms with van der Waals surface area (Å²) in [7, 11) is 0. The Hall–Kier alpha value is -1.07. The van der Waals surface area contributed by atoms with Gasteiger partial charge in [0.25, 0.3) is 5.91 Å². The van der Waals surface area contributed by atoms with Gasteiger partial charge >= 0.3 is 0 Å². The normalized spacial score (nSPS) is 14.1. The largest absolute Gasteiger partial charge is 0.399 e. The lowest BCUT2D eigenvalue weighted by Crippen LogP contribution is -2.40. The fourth-order valence-corrected chi connectivity index (χ4v) is 1.75. The first-order valence-corrected chi connectivity index (χ1v) is 6.20. The molecule has 94 valence electrons. The number of anilines is 1. The summed E-state index contributed by atoms with van der Waals surface area (Å²) in [4.78, 5) is 11.8. The van der Waals surface area contributed by atoms with E-state index in [1.54, 1.807) is 25.1 Å². The number of carbonyl (C=O) groups is 1.